The number of carbonyl (C=O) groups is 1. The number of halogens is 1. The van der Waals surface area contributed by atoms with Crippen LogP contribution < -0.4 is 0 Å². The molecule has 0 aliphatic carbocycles. The Kier molecular flexibility index (Phi) is 7.42. The molecule has 2 heterocycles. The van der Waals surface area contributed by atoms with Crippen LogP contribution in [0.4, 0.5) is 4.39 Å². The Bertz CT molecular complexity index is 1510. The third-order valence-corrected chi connectivity index (χ3v) is 9.81. The summed E-state index contributed by atoms with van der Waals surface area (Å²) in [6.07, 6.45) is 2.16. The molecular weight excluding hydrogens is 507 g/mol. The van der Waals surface area contributed by atoms with Gasteiger partial charge in [0, 0.05) is 23.4 Å². The highest BCUT2D eigenvalue weighted by Gasteiger charge is 2.35. The molecule has 0 saturated carbocycles. The van der Waals surface area contributed by atoms with Gasteiger partial charge in [0.2, 0.25) is 15.9 Å². The number of unbranched alkanes of at least 4 members (excludes halogenated alkanes) is 1. The van der Waals surface area contributed by atoms with Crippen LogP contribution in [0.1, 0.15) is 41.8 Å². The second kappa shape index (κ2) is 10.7. The molecule has 1 aliphatic rings. The van der Waals surface area contributed by atoms with E-state index in [1.165, 1.54) is 21.3 Å². The van der Waals surface area contributed by atoms with E-state index in [0.29, 0.717) is 24.8 Å². The van der Waals surface area contributed by atoms with Crippen LogP contribution >= 0.6 is 11.3 Å². The summed E-state index contributed by atoms with van der Waals surface area (Å²) < 4.78 is 42.9. The van der Waals surface area contributed by atoms with E-state index in [0.717, 1.165) is 22.9 Å². The van der Waals surface area contributed by atoms with E-state index < -0.39 is 10.0 Å². The smallest absolute Gasteiger partial charge is 0.244 e. The predicted molar refractivity (Wildman–Crippen MR) is 146 cm³/mol. The number of hydrogen-bond donors (Lipinski definition) is 0. The van der Waals surface area contributed by atoms with Crippen molar-refractivity contribution in [3.05, 3.63) is 100.0 Å². The van der Waals surface area contributed by atoms with Crippen LogP contribution in [0, 0.1) is 5.82 Å². The largest absolute Gasteiger partial charge is 0.330 e. The fourth-order valence-corrected chi connectivity index (χ4v) is 7.56. The Hall–Kier alpha value is -3.07. The average molecular weight is 537 g/mol. The lowest BCUT2D eigenvalue weighted by molar-refractivity contribution is -0.133. The molecule has 0 bridgehead atoms. The summed E-state index contributed by atoms with van der Waals surface area (Å²) in [6.45, 7) is 2.48. The Labute approximate surface area is 221 Å². The van der Waals surface area contributed by atoms with Gasteiger partial charge in [0.25, 0.3) is 0 Å². The number of fused-ring (bicyclic) bond motifs is 2. The van der Waals surface area contributed by atoms with Crippen LogP contribution in [-0.4, -0.2) is 43.2 Å². The van der Waals surface area contributed by atoms with E-state index >= 15 is 0 Å². The van der Waals surface area contributed by atoms with Gasteiger partial charge in [0.1, 0.15) is 5.82 Å². The van der Waals surface area contributed by atoms with E-state index in [9.17, 15) is 17.6 Å². The van der Waals surface area contributed by atoms with Crippen molar-refractivity contribution in [3.8, 4) is 0 Å². The number of amides is 1. The predicted octanol–water partition coefficient (Wildman–Crippen LogP) is 6.01. The third-order valence-electron chi connectivity index (χ3n) is 6.91. The first-order valence-electron chi connectivity index (χ1n) is 12.5. The highest BCUT2D eigenvalue weighted by molar-refractivity contribution is 7.89. The average Bonchev–Trinajstić information content (AvgIpc) is 3.39. The minimum atomic E-state index is -3.93. The summed E-state index contributed by atoms with van der Waals surface area (Å²) in [4.78, 5) is 17.0. The number of hydrogen-bond acceptors (Lipinski definition) is 4. The fraction of sp³-hybridized carbons (Fsp3) is 0.276. The Morgan fingerprint density at radius 3 is 2.59 bits per heavy atom. The van der Waals surface area contributed by atoms with Gasteiger partial charge in [-0.3, -0.25) is 4.79 Å². The lowest BCUT2D eigenvalue weighted by Crippen LogP contribution is -2.47. The maximum Gasteiger partial charge on any atom is 0.244 e. The first-order valence-corrected chi connectivity index (χ1v) is 14.8. The topological polar surface area (TPSA) is 57.7 Å². The van der Waals surface area contributed by atoms with Crippen molar-refractivity contribution in [1.82, 2.24) is 9.21 Å². The van der Waals surface area contributed by atoms with Crippen LogP contribution in [0.15, 0.2) is 83.1 Å². The molecule has 0 saturated heterocycles. The maximum atomic E-state index is 13.9. The van der Waals surface area contributed by atoms with Crippen LogP contribution in [0.2, 0.25) is 0 Å². The van der Waals surface area contributed by atoms with Crippen molar-refractivity contribution >= 4 is 38.0 Å². The van der Waals surface area contributed by atoms with E-state index in [4.69, 9.17) is 0 Å². The number of benzene rings is 3. The van der Waals surface area contributed by atoms with E-state index in [1.54, 1.807) is 46.6 Å². The second-order valence-electron chi connectivity index (χ2n) is 9.26. The van der Waals surface area contributed by atoms with Crippen molar-refractivity contribution in [1.29, 1.82) is 0 Å². The van der Waals surface area contributed by atoms with Gasteiger partial charge in [-0.15, -0.1) is 11.3 Å². The molecule has 1 aliphatic heterocycles. The van der Waals surface area contributed by atoms with E-state index in [2.05, 4.69) is 0 Å². The van der Waals surface area contributed by atoms with Gasteiger partial charge in [-0.2, -0.15) is 4.31 Å². The van der Waals surface area contributed by atoms with Crippen LogP contribution in [0.3, 0.4) is 0 Å². The molecule has 0 N–H and O–H groups in total. The quantitative estimate of drug-likeness (QED) is 0.277. The molecule has 0 unspecified atom stereocenters. The van der Waals surface area contributed by atoms with Crippen LogP contribution in [-0.2, 0) is 21.2 Å². The van der Waals surface area contributed by atoms with Crippen molar-refractivity contribution in [2.24, 2.45) is 0 Å². The second-order valence-corrected chi connectivity index (χ2v) is 12.2. The first kappa shape index (κ1) is 25.6. The molecule has 192 valence electrons. The number of sulfonamides is 1. The minimum absolute atomic E-state index is 0.211. The van der Waals surface area contributed by atoms with Crippen molar-refractivity contribution in [3.63, 3.8) is 0 Å². The Morgan fingerprint density at radius 2 is 1.81 bits per heavy atom. The number of carbonyl (C=O) groups excluding carboxylic acids is 1. The monoisotopic (exact) mass is 536 g/mol. The van der Waals surface area contributed by atoms with Gasteiger partial charge >= 0.3 is 0 Å². The number of nitrogens with zero attached hydrogens (tertiary/aromatic N) is 2. The molecule has 37 heavy (non-hydrogen) atoms. The van der Waals surface area contributed by atoms with Gasteiger partial charge in [-0.1, -0.05) is 61.9 Å². The van der Waals surface area contributed by atoms with Crippen LogP contribution in [0.25, 0.3) is 10.8 Å². The van der Waals surface area contributed by atoms with Crippen molar-refractivity contribution < 1.29 is 17.6 Å². The summed E-state index contributed by atoms with van der Waals surface area (Å²) in [5.41, 5.74) is 1.83. The summed E-state index contributed by atoms with van der Waals surface area (Å²) in [7, 11) is -3.93. The molecule has 3 aromatic carbocycles. The summed E-state index contributed by atoms with van der Waals surface area (Å²) in [5.74, 6) is -0.596. The highest BCUT2D eigenvalue weighted by atomic mass is 32.2. The normalized spacial score (nSPS) is 15.8. The zero-order valence-electron chi connectivity index (χ0n) is 20.6. The lowest BCUT2D eigenvalue weighted by Gasteiger charge is -2.37. The van der Waals surface area contributed by atoms with Crippen molar-refractivity contribution in [2.45, 2.75) is 37.1 Å². The number of thiophene rings is 1. The third kappa shape index (κ3) is 5.06. The first-order chi connectivity index (χ1) is 17.9. The Balaban J connectivity index is 1.49. The fourth-order valence-electron chi connectivity index (χ4n) is 5.01. The van der Waals surface area contributed by atoms with Gasteiger partial charge in [-0.25, -0.2) is 12.8 Å². The molecular formula is C29H29FN2O3S2. The zero-order chi connectivity index (χ0) is 26.0. The highest BCUT2D eigenvalue weighted by Crippen LogP contribution is 2.38. The standard InChI is InChI=1S/C29H29FN2O3S2/c1-2-3-17-31(37(34,35)27-10-6-8-21-7-4-5-9-24(21)27)20-28(33)32-18-15-26-25(16-19-36-26)29(32)22-11-13-23(30)14-12-22/h4-14,16,19,29H,2-3,15,17-18,20H2,1H3/t29-/m1/s1. The molecule has 5 nitrogen and oxygen atoms in total. The summed E-state index contributed by atoms with van der Waals surface area (Å²) in [5, 5.41) is 3.49. The summed E-state index contributed by atoms with van der Waals surface area (Å²) >= 11 is 1.65. The van der Waals surface area contributed by atoms with Crippen molar-refractivity contribution in [2.75, 3.05) is 19.6 Å². The molecule has 0 radical (unpaired) electrons. The van der Waals surface area contributed by atoms with Gasteiger partial charge in [0.05, 0.1) is 17.5 Å². The van der Waals surface area contributed by atoms with E-state index in [1.807, 2.05) is 42.6 Å². The lowest BCUT2D eigenvalue weighted by atomic mass is 9.93. The molecule has 5 rings (SSSR count). The van der Waals surface area contributed by atoms with Gasteiger partial charge in [-0.05, 0) is 59.0 Å². The molecule has 1 amide bonds. The molecule has 8 heteroatoms. The molecule has 1 atom stereocenters. The Morgan fingerprint density at radius 1 is 1.05 bits per heavy atom. The van der Waals surface area contributed by atoms with Crippen LogP contribution in [0.5, 0.6) is 0 Å². The minimum Gasteiger partial charge on any atom is -0.330 e. The van der Waals surface area contributed by atoms with Gasteiger partial charge < -0.3 is 4.90 Å². The molecule has 4 aromatic rings. The molecule has 1 aromatic heterocycles. The summed E-state index contributed by atoms with van der Waals surface area (Å²) in [6, 6.07) is 20.5. The van der Waals surface area contributed by atoms with Gasteiger partial charge in [0.15, 0.2) is 0 Å². The maximum absolute atomic E-state index is 13.9. The number of rotatable bonds is 8. The molecule has 0 spiro atoms. The molecule has 0 fully saturated rings. The SMILES string of the molecule is CCCCN(CC(=O)N1CCc2sccc2[C@H]1c1ccc(F)cc1)S(=O)(=O)c1cccc2ccccc12. The van der Waals surface area contributed by atoms with E-state index in [-0.39, 0.29) is 35.8 Å². The zero-order valence-corrected chi connectivity index (χ0v) is 22.3.